The van der Waals surface area contributed by atoms with E-state index in [4.69, 9.17) is 23.2 Å². The van der Waals surface area contributed by atoms with Crippen LogP contribution in [0.5, 0.6) is 0 Å². The molecule has 0 radical (unpaired) electrons. The molecular formula is C31H32Cl2F3N3O4S. The van der Waals surface area contributed by atoms with Crippen LogP contribution in [0.2, 0.25) is 10.0 Å². The number of carbonyl (C=O) groups excluding carboxylic acids is 2. The molecule has 0 aromatic heterocycles. The van der Waals surface area contributed by atoms with Gasteiger partial charge >= 0.3 is 6.18 Å². The Balaban J connectivity index is 1.73. The summed E-state index contributed by atoms with van der Waals surface area (Å²) in [5.74, 6) is -1.26. The average molecular weight is 671 g/mol. The molecule has 0 heterocycles. The maximum Gasteiger partial charge on any atom is 0.416 e. The lowest BCUT2D eigenvalue weighted by atomic mass is 9.95. The molecule has 236 valence electrons. The molecule has 0 spiro atoms. The van der Waals surface area contributed by atoms with Gasteiger partial charge in [-0.1, -0.05) is 72.8 Å². The van der Waals surface area contributed by atoms with Gasteiger partial charge in [0.05, 0.1) is 16.1 Å². The van der Waals surface area contributed by atoms with E-state index in [0.29, 0.717) is 21.0 Å². The lowest BCUT2D eigenvalue weighted by Crippen LogP contribution is -2.53. The number of nitrogens with zero attached hydrogens (tertiary/aromatic N) is 2. The standard InChI is InChI=1S/C31H32Cl2F3N3O4S/c1-21(30(41)37-25-10-4-2-5-11-25)38(19-22-15-16-24(32)18-28(22)33)29(40)20-39(44(42,43)27-13-6-3-7-14-27)26-12-8-9-23(17-26)31(34,35)36/h3,6-9,12-18,21,25H,2,4-5,10-11,19-20H2,1H3,(H,37,41)/t21-/m0/s1. The lowest BCUT2D eigenvalue weighted by Gasteiger charge is -2.33. The fourth-order valence-electron chi connectivity index (χ4n) is 5.07. The second-order valence-electron chi connectivity index (χ2n) is 10.6. The van der Waals surface area contributed by atoms with Crippen molar-refractivity contribution >= 4 is 50.7 Å². The number of sulfonamides is 1. The molecule has 1 aliphatic carbocycles. The van der Waals surface area contributed by atoms with Crippen LogP contribution in [0.3, 0.4) is 0 Å². The first-order chi connectivity index (χ1) is 20.8. The van der Waals surface area contributed by atoms with Gasteiger partial charge in [-0.25, -0.2) is 8.42 Å². The van der Waals surface area contributed by atoms with E-state index in [2.05, 4.69) is 5.32 Å². The van der Waals surface area contributed by atoms with Crippen LogP contribution < -0.4 is 9.62 Å². The van der Waals surface area contributed by atoms with Gasteiger partial charge < -0.3 is 10.2 Å². The number of nitrogens with one attached hydrogen (secondary N) is 1. The molecule has 1 aliphatic rings. The van der Waals surface area contributed by atoms with Crippen molar-refractivity contribution in [3.63, 3.8) is 0 Å². The zero-order chi connectivity index (χ0) is 32.1. The van der Waals surface area contributed by atoms with Gasteiger partial charge in [0.1, 0.15) is 12.6 Å². The average Bonchev–Trinajstić information content (AvgIpc) is 2.99. The van der Waals surface area contributed by atoms with Gasteiger partial charge in [-0.2, -0.15) is 13.2 Å². The third-order valence-electron chi connectivity index (χ3n) is 7.55. The maximum atomic E-state index is 14.1. The van der Waals surface area contributed by atoms with Gasteiger partial charge in [-0.05, 0) is 67.8 Å². The molecule has 7 nitrogen and oxygen atoms in total. The van der Waals surface area contributed by atoms with Crippen LogP contribution in [0.25, 0.3) is 0 Å². The number of benzene rings is 3. The number of rotatable bonds is 10. The third-order valence-corrected chi connectivity index (χ3v) is 9.92. The minimum Gasteiger partial charge on any atom is -0.352 e. The van der Waals surface area contributed by atoms with E-state index in [-0.39, 0.29) is 28.2 Å². The number of amides is 2. The predicted octanol–water partition coefficient (Wildman–Crippen LogP) is 7.07. The van der Waals surface area contributed by atoms with Crippen molar-refractivity contribution in [3.8, 4) is 0 Å². The highest BCUT2D eigenvalue weighted by Crippen LogP contribution is 2.33. The Morgan fingerprint density at radius 2 is 1.64 bits per heavy atom. The van der Waals surface area contributed by atoms with Crippen molar-refractivity contribution in [1.29, 1.82) is 0 Å². The molecule has 1 saturated carbocycles. The zero-order valence-electron chi connectivity index (χ0n) is 23.9. The number of alkyl halides is 3. The van der Waals surface area contributed by atoms with Crippen LogP contribution in [-0.4, -0.2) is 43.8 Å². The van der Waals surface area contributed by atoms with E-state index in [1.165, 1.54) is 48.2 Å². The molecule has 1 atom stereocenters. The lowest BCUT2D eigenvalue weighted by molar-refractivity contribution is -0.139. The smallest absolute Gasteiger partial charge is 0.352 e. The summed E-state index contributed by atoms with van der Waals surface area (Å²) in [6, 6.07) is 14.3. The van der Waals surface area contributed by atoms with Crippen LogP contribution in [0, 0.1) is 0 Å². The van der Waals surface area contributed by atoms with Crippen molar-refractivity contribution in [2.75, 3.05) is 10.8 Å². The van der Waals surface area contributed by atoms with Crippen molar-refractivity contribution in [2.24, 2.45) is 0 Å². The summed E-state index contributed by atoms with van der Waals surface area (Å²) in [7, 11) is -4.53. The van der Waals surface area contributed by atoms with Gasteiger partial charge in [-0.3, -0.25) is 13.9 Å². The van der Waals surface area contributed by atoms with Crippen LogP contribution in [-0.2, 0) is 32.3 Å². The quantitative estimate of drug-likeness (QED) is 0.250. The fourth-order valence-corrected chi connectivity index (χ4v) is 6.97. The molecule has 1 N–H and O–H groups in total. The molecule has 1 fully saturated rings. The minimum absolute atomic E-state index is 0.0603. The number of carbonyl (C=O) groups is 2. The van der Waals surface area contributed by atoms with Crippen LogP contribution in [0.1, 0.15) is 50.2 Å². The van der Waals surface area contributed by atoms with Crippen molar-refractivity contribution in [1.82, 2.24) is 10.2 Å². The monoisotopic (exact) mass is 669 g/mol. The zero-order valence-corrected chi connectivity index (χ0v) is 26.2. The number of halogens is 5. The van der Waals surface area contributed by atoms with E-state index in [0.717, 1.165) is 44.2 Å². The molecule has 44 heavy (non-hydrogen) atoms. The highest BCUT2D eigenvalue weighted by Gasteiger charge is 2.35. The Bertz CT molecular complexity index is 1580. The largest absolute Gasteiger partial charge is 0.416 e. The summed E-state index contributed by atoms with van der Waals surface area (Å²) in [5, 5.41) is 3.56. The van der Waals surface area contributed by atoms with Crippen LogP contribution in [0.15, 0.2) is 77.7 Å². The highest BCUT2D eigenvalue weighted by atomic mass is 35.5. The molecule has 4 rings (SSSR count). The molecule has 3 aromatic rings. The molecule has 13 heteroatoms. The third kappa shape index (κ3) is 8.25. The van der Waals surface area contributed by atoms with Crippen LogP contribution in [0.4, 0.5) is 18.9 Å². The van der Waals surface area contributed by atoms with E-state index in [9.17, 15) is 31.2 Å². The maximum absolute atomic E-state index is 14.1. The Kier molecular flexibility index (Phi) is 10.9. The first-order valence-electron chi connectivity index (χ1n) is 14.1. The van der Waals surface area contributed by atoms with E-state index in [1.807, 2.05) is 0 Å². The van der Waals surface area contributed by atoms with Crippen molar-refractivity contribution in [3.05, 3.63) is 94.0 Å². The van der Waals surface area contributed by atoms with Gasteiger partial charge in [-0.15, -0.1) is 0 Å². The fraction of sp³-hybridized carbons (Fsp3) is 0.355. The Morgan fingerprint density at radius 3 is 2.27 bits per heavy atom. The molecule has 0 saturated heterocycles. The topological polar surface area (TPSA) is 86.8 Å². The van der Waals surface area contributed by atoms with E-state index >= 15 is 0 Å². The second kappa shape index (κ2) is 14.2. The molecule has 2 amide bonds. The Hall–Kier alpha value is -3.28. The van der Waals surface area contributed by atoms with Crippen molar-refractivity contribution in [2.45, 2.75) is 68.7 Å². The summed E-state index contributed by atoms with van der Waals surface area (Å²) in [6.45, 7) is 0.445. The van der Waals surface area contributed by atoms with Gasteiger partial charge in [0, 0.05) is 22.6 Å². The van der Waals surface area contributed by atoms with E-state index in [1.54, 1.807) is 18.2 Å². The summed E-state index contributed by atoms with van der Waals surface area (Å²) in [6.07, 6.45) is -0.159. The first-order valence-corrected chi connectivity index (χ1v) is 16.3. The Morgan fingerprint density at radius 1 is 0.955 bits per heavy atom. The normalized spacial score (nSPS) is 15.0. The highest BCUT2D eigenvalue weighted by molar-refractivity contribution is 7.92. The number of hydrogen-bond acceptors (Lipinski definition) is 4. The summed E-state index contributed by atoms with van der Waals surface area (Å²) in [4.78, 5) is 28.4. The molecule has 0 unspecified atom stereocenters. The molecule has 0 bridgehead atoms. The van der Waals surface area contributed by atoms with Gasteiger partial charge in [0.2, 0.25) is 11.8 Å². The Labute approximate surface area is 265 Å². The van der Waals surface area contributed by atoms with E-state index < -0.39 is 46.2 Å². The number of hydrogen-bond donors (Lipinski definition) is 1. The van der Waals surface area contributed by atoms with Crippen LogP contribution >= 0.6 is 23.2 Å². The molecule has 0 aliphatic heterocycles. The molecule has 3 aromatic carbocycles. The first kappa shape index (κ1) is 33.6. The number of anilines is 1. The predicted molar refractivity (Wildman–Crippen MR) is 164 cm³/mol. The van der Waals surface area contributed by atoms with Crippen molar-refractivity contribution < 1.29 is 31.2 Å². The molecular weight excluding hydrogens is 638 g/mol. The second-order valence-corrected chi connectivity index (χ2v) is 13.4. The van der Waals surface area contributed by atoms with Gasteiger partial charge in [0.25, 0.3) is 10.0 Å². The summed E-state index contributed by atoms with van der Waals surface area (Å²) < 4.78 is 69.2. The summed E-state index contributed by atoms with van der Waals surface area (Å²) in [5.41, 5.74) is -1.00. The SMILES string of the molecule is C[C@@H](C(=O)NC1CCCCC1)N(Cc1ccc(Cl)cc1Cl)C(=O)CN(c1cccc(C(F)(F)F)c1)S(=O)(=O)c1ccccc1. The van der Waals surface area contributed by atoms with Gasteiger partial charge in [0.15, 0.2) is 0 Å². The summed E-state index contributed by atoms with van der Waals surface area (Å²) >= 11 is 12.4. The minimum atomic E-state index is -4.76.